The van der Waals surface area contributed by atoms with Crippen LogP contribution in [0.5, 0.6) is 5.75 Å². The van der Waals surface area contributed by atoms with Gasteiger partial charge >= 0.3 is 0 Å². The molecule has 35 heavy (non-hydrogen) atoms. The highest BCUT2D eigenvalue weighted by atomic mass is 32.2. The number of anilines is 1. The molecule has 1 aliphatic carbocycles. The van der Waals surface area contributed by atoms with Crippen LogP contribution in [0, 0.1) is 6.92 Å². The van der Waals surface area contributed by atoms with Gasteiger partial charge in [-0.2, -0.15) is 0 Å². The molecule has 4 rings (SSSR count). The van der Waals surface area contributed by atoms with Crippen molar-refractivity contribution >= 4 is 21.6 Å². The second-order valence-corrected chi connectivity index (χ2v) is 10.3. The number of nitrogens with zero attached hydrogens (tertiary/aromatic N) is 1. The number of nitrogens with one attached hydrogen (secondary N) is 3. The number of sulfonamides is 1. The molecule has 1 saturated carbocycles. The number of benzene rings is 2. The smallest absolute Gasteiger partial charge is 0.262 e. The van der Waals surface area contributed by atoms with Gasteiger partial charge in [0, 0.05) is 29.1 Å². The van der Waals surface area contributed by atoms with Crippen LogP contribution in [0.25, 0.3) is 11.4 Å². The topological polar surface area (TPSA) is 130 Å². The zero-order chi connectivity index (χ0) is 24.8. The summed E-state index contributed by atoms with van der Waals surface area (Å²) < 4.78 is 33.5. The molecule has 0 radical (unpaired) electrons. The molecule has 0 saturated heterocycles. The zero-order valence-corrected chi connectivity index (χ0v) is 20.2. The van der Waals surface area contributed by atoms with Crippen molar-refractivity contribution in [1.29, 1.82) is 0 Å². The zero-order valence-electron chi connectivity index (χ0n) is 19.4. The summed E-state index contributed by atoms with van der Waals surface area (Å²) in [6, 6.07) is 14.3. The third-order valence-corrected chi connectivity index (χ3v) is 7.26. The van der Waals surface area contributed by atoms with Crippen molar-refractivity contribution in [2.45, 2.75) is 50.0 Å². The molecule has 1 amide bonds. The van der Waals surface area contributed by atoms with Crippen LogP contribution in [0.4, 0.5) is 5.69 Å². The van der Waals surface area contributed by atoms with Gasteiger partial charge in [-0.3, -0.25) is 9.59 Å². The number of hydrogen-bond donors (Lipinski definition) is 3. The van der Waals surface area contributed by atoms with Crippen molar-refractivity contribution in [3.05, 3.63) is 70.6 Å². The first-order chi connectivity index (χ1) is 16.8. The number of ether oxygens (including phenoxy) is 1. The Hall–Kier alpha value is -3.50. The summed E-state index contributed by atoms with van der Waals surface area (Å²) in [6.07, 6.45) is 4.94. The number of carbonyl (C=O) groups excluding carboxylic acids is 1. The fourth-order valence-electron chi connectivity index (χ4n) is 4.03. The number of rotatable bonds is 8. The van der Waals surface area contributed by atoms with Crippen LogP contribution in [-0.4, -0.2) is 36.9 Å². The predicted molar refractivity (Wildman–Crippen MR) is 133 cm³/mol. The van der Waals surface area contributed by atoms with E-state index in [1.165, 1.54) is 30.3 Å². The number of aromatic amines is 1. The van der Waals surface area contributed by atoms with Crippen LogP contribution in [0.1, 0.15) is 37.8 Å². The maximum Gasteiger partial charge on any atom is 0.262 e. The molecule has 0 atom stereocenters. The van der Waals surface area contributed by atoms with E-state index in [1.807, 2.05) is 0 Å². The minimum atomic E-state index is -3.59. The Kier molecular flexibility index (Phi) is 7.62. The number of aromatic nitrogens is 2. The number of H-pyrrole nitrogens is 1. The van der Waals surface area contributed by atoms with Crippen LogP contribution >= 0.6 is 0 Å². The molecule has 0 aliphatic heterocycles. The molecule has 184 valence electrons. The van der Waals surface area contributed by atoms with Crippen molar-refractivity contribution in [2.75, 3.05) is 11.9 Å². The van der Waals surface area contributed by atoms with E-state index in [0.717, 1.165) is 32.1 Å². The van der Waals surface area contributed by atoms with E-state index in [9.17, 15) is 18.0 Å². The molecule has 0 spiro atoms. The first kappa shape index (κ1) is 24.6. The molecule has 9 nitrogen and oxygen atoms in total. The van der Waals surface area contributed by atoms with Gasteiger partial charge in [0.15, 0.2) is 6.61 Å². The minimum Gasteiger partial charge on any atom is -0.484 e. The largest absolute Gasteiger partial charge is 0.484 e. The van der Waals surface area contributed by atoms with Gasteiger partial charge in [0.25, 0.3) is 11.5 Å². The molecule has 10 heteroatoms. The Bertz CT molecular complexity index is 1350. The van der Waals surface area contributed by atoms with Crippen LogP contribution in [0.3, 0.4) is 0 Å². The third kappa shape index (κ3) is 6.77. The molecule has 0 bridgehead atoms. The first-order valence-electron chi connectivity index (χ1n) is 11.5. The second kappa shape index (κ2) is 10.8. The minimum absolute atomic E-state index is 0.0196. The van der Waals surface area contributed by atoms with Crippen LogP contribution in [-0.2, 0) is 14.8 Å². The van der Waals surface area contributed by atoms with E-state index < -0.39 is 10.0 Å². The van der Waals surface area contributed by atoms with E-state index in [0.29, 0.717) is 28.5 Å². The van der Waals surface area contributed by atoms with Gasteiger partial charge in [-0.15, -0.1) is 0 Å². The van der Waals surface area contributed by atoms with E-state index in [4.69, 9.17) is 4.74 Å². The number of aryl methyl sites for hydroxylation is 1. The highest BCUT2D eigenvalue weighted by Crippen LogP contribution is 2.22. The summed E-state index contributed by atoms with van der Waals surface area (Å²) in [5.74, 6) is 0.408. The van der Waals surface area contributed by atoms with Crippen LogP contribution < -0.4 is 20.3 Å². The van der Waals surface area contributed by atoms with Crippen molar-refractivity contribution in [1.82, 2.24) is 14.7 Å². The Morgan fingerprint density at radius 3 is 2.54 bits per heavy atom. The molecule has 1 heterocycles. The molecule has 3 N–H and O–H groups in total. The molecule has 1 aromatic heterocycles. The van der Waals surface area contributed by atoms with Gasteiger partial charge in [-0.05, 0) is 56.2 Å². The van der Waals surface area contributed by atoms with Gasteiger partial charge in [-0.1, -0.05) is 31.4 Å². The molecule has 0 unspecified atom stereocenters. The van der Waals surface area contributed by atoms with E-state index in [2.05, 4.69) is 20.0 Å². The summed E-state index contributed by atoms with van der Waals surface area (Å²) in [5.41, 5.74) is 1.52. The normalized spacial score (nSPS) is 14.4. The standard InChI is InChI=1S/C25H28N4O5S/c1-17-14-23(30)28-25(26-17)18-6-5-9-20(15-18)27-24(31)16-34-21-10-12-22(13-11-21)35(32,33)29-19-7-3-2-4-8-19/h5-6,9-15,19,29H,2-4,7-8,16H2,1H3,(H,27,31)(H,26,28,30). The monoisotopic (exact) mass is 496 g/mol. The van der Waals surface area contributed by atoms with E-state index in [1.54, 1.807) is 31.2 Å². The molecule has 1 fully saturated rings. The summed E-state index contributed by atoms with van der Waals surface area (Å²) in [5, 5.41) is 2.74. The number of carbonyl (C=O) groups is 1. The first-order valence-corrected chi connectivity index (χ1v) is 13.0. The summed E-state index contributed by atoms with van der Waals surface area (Å²) in [6.45, 7) is 1.48. The lowest BCUT2D eigenvalue weighted by molar-refractivity contribution is -0.118. The second-order valence-electron chi connectivity index (χ2n) is 8.58. The number of amides is 1. The van der Waals surface area contributed by atoms with Crippen molar-refractivity contribution in [3.63, 3.8) is 0 Å². The SMILES string of the molecule is Cc1cc(=O)[nH]c(-c2cccc(NC(=O)COc3ccc(S(=O)(=O)NC4CCCCC4)cc3)c2)n1. The molecular formula is C25H28N4O5S. The summed E-state index contributed by atoms with van der Waals surface area (Å²) in [4.78, 5) is 31.2. The molecule has 2 aromatic carbocycles. The number of hydrogen-bond acceptors (Lipinski definition) is 6. The van der Waals surface area contributed by atoms with Gasteiger partial charge in [0.05, 0.1) is 4.90 Å². The summed E-state index contributed by atoms with van der Waals surface area (Å²) >= 11 is 0. The van der Waals surface area contributed by atoms with E-state index in [-0.39, 0.29) is 29.0 Å². The quantitative estimate of drug-likeness (QED) is 0.438. The maximum atomic E-state index is 12.6. The molecule has 3 aromatic rings. The van der Waals surface area contributed by atoms with Gasteiger partial charge in [0.2, 0.25) is 10.0 Å². The van der Waals surface area contributed by atoms with Gasteiger partial charge in [0.1, 0.15) is 11.6 Å². The fourth-order valence-corrected chi connectivity index (χ4v) is 5.33. The van der Waals surface area contributed by atoms with Crippen molar-refractivity contribution < 1.29 is 17.9 Å². The van der Waals surface area contributed by atoms with Crippen molar-refractivity contribution in [2.24, 2.45) is 0 Å². The third-order valence-electron chi connectivity index (χ3n) is 5.72. The lowest BCUT2D eigenvalue weighted by atomic mass is 9.96. The molecular weight excluding hydrogens is 468 g/mol. The maximum absolute atomic E-state index is 12.6. The lowest BCUT2D eigenvalue weighted by Crippen LogP contribution is -2.36. The Morgan fingerprint density at radius 1 is 1.09 bits per heavy atom. The van der Waals surface area contributed by atoms with E-state index >= 15 is 0 Å². The summed E-state index contributed by atoms with van der Waals surface area (Å²) in [7, 11) is -3.59. The van der Waals surface area contributed by atoms with Crippen LogP contribution in [0.15, 0.2) is 64.3 Å². The Balaban J connectivity index is 1.33. The van der Waals surface area contributed by atoms with Gasteiger partial charge in [-0.25, -0.2) is 18.1 Å². The lowest BCUT2D eigenvalue weighted by Gasteiger charge is -2.22. The average Bonchev–Trinajstić information content (AvgIpc) is 2.83. The van der Waals surface area contributed by atoms with Crippen molar-refractivity contribution in [3.8, 4) is 17.1 Å². The highest BCUT2D eigenvalue weighted by Gasteiger charge is 2.21. The van der Waals surface area contributed by atoms with Crippen LogP contribution in [0.2, 0.25) is 0 Å². The predicted octanol–water partition coefficient (Wildman–Crippen LogP) is 3.37. The Labute approximate surface area is 204 Å². The Morgan fingerprint density at radius 2 is 1.83 bits per heavy atom. The molecule has 1 aliphatic rings. The average molecular weight is 497 g/mol. The fraction of sp³-hybridized carbons (Fsp3) is 0.320. The van der Waals surface area contributed by atoms with Gasteiger partial charge < -0.3 is 15.0 Å². The highest BCUT2D eigenvalue weighted by molar-refractivity contribution is 7.89.